The van der Waals surface area contributed by atoms with Gasteiger partial charge in [0.25, 0.3) is 0 Å². The third-order valence-corrected chi connectivity index (χ3v) is 4.49. The van der Waals surface area contributed by atoms with Gasteiger partial charge in [-0.2, -0.15) is 9.61 Å². The number of pyridine rings is 1. The van der Waals surface area contributed by atoms with Crippen LogP contribution in [0.5, 0.6) is 0 Å². The van der Waals surface area contributed by atoms with Gasteiger partial charge in [0.15, 0.2) is 10.8 Å². The Balaban J connectivity index is 1.89. The molecule has 0 saturated heterocycles. The van der Waals surface area contributed by atoms with Gasteiger partial charge in [-0.15, -0.1) is 10.2 Å². The van der Waals surface area contributed by atoms with E-state index in [4.69, 9.17) is 0 Å². The van der Waals surface area contributed by atoms with Gasteiger partial charge in [0.2, 0.25) is 4.96 Å². The lowest BCUT2D eigenvalue weighted by Crippen LogP contribution is -1.92. The van der Waals surface area contributed by atoms with Gasteiger partial charge in [0.05, 0.1) is 0 Å². The number of nitrogens with zero attached hydrogens (tertiary/aromatic N) is 5. The van der Waals surface area contributed by atoms with Crippen molar-refractivity contribution < 1.29 is 4.39 Å². The van der Waals surface area contributed by atoms with Crippen LogP contribution in [0.3, 0.4) is 0 Å². The lowest BCUT2D eigenvalue weighted by molar-refractivity contribution is 0.630. The maximum absolute atomic E-state index is 14.0. The summed E-state index contributed by atoms with van der Waals surface area (Å²) in [5.41, 5.74) is 1.24. The van der Waals surface area contributed by atoms with Crippen LogP contribution in [-0.2, 0) is 0 Å². The van der Waals surface area contributed by atoms with Gasteiger partial charge in [-0.1, -0.05) is 27.3 Å². The Morgan fingerprint density at radius 2 is 2.09 bits per heavy atom. The molecule has 8 heteroatoms. The molecule has 108 valence electrons. The maximum Gasteiger partial charge on any atom is 0.235 e. The van der Waals surface area contributed by atoms with Crippen molar-refractivity contribution in [1.82, 2.24) is 24.8 Å². The molecular weight excluding hydrogens is 369 g/mol. The number of rotatable bonds is 2. The fourth-order valence-corrected chi connectivity index (χ4v) is 3.28. The average molecular weight is 376 g/mol. The number of hydrogen-bond donors (Lipinski definition) is 0. The number of benzene rings is 1. The van der Waals surface area contributed by atoms with Crippen LogP contribution in [0, 0.1) is 5.82 Å². The average Bonchev–Trinajstić information content (AvgIpc) is 3.10. The molecule has 22 heavy (non-hydrogen) atoms. The Bertz CT molecular complexity index is 966. The minimum Gasteiger partial charge on any atom is -0.264 e. The van der Waals surface area contributed by atoms with Crippen LogP contribution in [0.25, 0.3) is 26.9 Å². The van der Waals surface area contributed by atoms with Crippen LogP contribution in [-0.4, -0.2) is 24.8 Å². The molecule has 0 spiro atoms. The third kappa shape index (κ3) is 2.20. The number of halogens is 2. The molecule has 4 aromatic rings. The van der Waals surface area contributed by atoms with E-state index in [1.807, 2.05) is 12.1 Å². The summed E-state index contributed by atoms with van der Waals surface area (Å²) >= 11 is 4.63. The molecule has 1 aromatic carbocycles. The van der Waals surface area contributed by atoms with Crippen molar-refractivity contribution >= 4 is 32.2 Å². The monoisotopic (exact) mass is 375 g/mol. The standard InChI is InChI=1S/C14H7BrFN5S/c15-9-3-4-11(16)10(6-9)13-20-21-12(18-19-14(21)22-13)8-2-1-5-17-7-8/h1-7H. The van der Waals surface area contributed by atoms with Crippen molar-refractivity contribution in [2.75, 3.05) is 0 Å². The lowest BCUT2D eigenvalue weighted by Gasteiger charge is -1.99. The molecule has 0 atom stereocenters. The zero-order valence-electron chi connectivity index (χ0n) is 10.9. The SMILES string of the molecule is Fc1ccc(Br)cc1-c1nn2c(-c3cccnc3)nnc2s1. The third-order valence-electron chi connectivity index (χ3n) is 3.07. The van der Waals surface area contributed by atoms with Gasteiger partial charge in [-0.25, -0.2) is 4.39 Å². The minimum absolute atomic E-state index is 0.323. The summed E-state index contributed by atoms with van der Waals surface area (Å²) in [7, 11) is 0. The highest BCUT2D eigenvalue weighted by Gasteiger charge is 2.16. The van der Waals surface area contributed by atoms with Crippen molar-refractivity contribution in [2.24, 2.45) is 0 Å². The highest BCUT2D eigenvalue weighted by atomic mass is 79.9. The Labute approximate surface area is 136 Å². The van der Waals surface area contributed by atoms with E-state index in [-0.39, 0.29) is 5.82 Å². The van der Waals surface area contributed by atoms with E-state index < -0.39 is 0 Å². The smallest absolute Gasteiger partial charge is 0.235 e. The fraction of sp³-hybridized carbons (Fsp3) is 0. The Kier molecular flexibility index (Phi) is 3.20. The van der Waals surface area contributed by atoms with Gasteiger partial charge in [-0.3, -0.25) is 4.98 Å². The van der Waals surface area contributed by atoms with Crippen molar-refractivity contribution in [3.8, 4) is 22.0 Å². The van der Waals surface area contributed by atoms with Crippen molar-refractivity contribution in [3.05, 3.63) is 53.0 Å². The molecule has 0 fully saturated rings. The van der Waals surface area contributed by atoms with Gasteiger partial charge in [0.1, 0.15) is 5.82 Å². The summed E-state index contributed by atoms with van der Waals surface area (Å²) in [5.74, 6) is 0.261. The molecule has 0 aliphatic carbocycles. The summed E-state index contributed by atoms with van der Waals surface area (Å²) in [4.78, 5) is 4.67. The second-order valence-electron chi connectivity index (χ2n) is 4.49. The van der Waals surface area contributed by atoms with E-state index >= 15 is 0 Å². The van der Waals surface area contributed by atoms with Gasteiger partial charge < -0.3 is 0 Å². The van der Waals surface area contributed by atoms with Crippen LogP contribution >= 0.6 is 27.3 Å². The summed E-state index contributed by atoms with van der Waals surface area (Å²) in [6.45, 7) is 0. The van der Waals surface area contributed by atoms with Crippen LogP contribution in [0.1, 0.15) is 0 Å². The largest absolute Gasteiger partial charge is 0.264 e. The van der Waals surface area contributed by atoms with Crippen LogP contribution in [0.2, 0.25) is 0 Å². The topological polar surface area (TPSA) is 56.0 Å². The Morgan fingerprint density at radius 1 is 1.18 bits per heavy atom. The molecule has 0 aliphatic rings. The first-order valence-electron chi connectivity index (χ1n) is 6.30. The molecule has 0 N–H and O–H groups in total. The van der Waals surface area contributed by atoms with Crippen LogP contribution in [0.4, 0.5) is 4.39 Å². The number of fused-ring (bicyclic) bond motifs is 1. The number of aromatic nitrogens is 5. The zero-order valence-corrected chi connectivity index (χ0v) is 13.3. The Hall–Kier alpha value is -2.19. The first-order chi connectivity index (χ1) is 10.7. The predicted octanol–water partition coefficient (Wildman–Crippen LogP) is 3.82. The van der Waals surface area contributed by atoms with E-state index in [9.17, 15) is 4.39 Å². The summed E-state index contributed by atoms with van der Waals surface area (Å²) in [5, 5.41) is 13.2. The van der Waals surface area contributed by atoms with E-state index in [0.29, 0.717) is 21.4 Å². The molecule has 0 radical (unpaired) electrons. The molecule has 5 nitrogen and oxygen atoms in total. The highest BCUT2D eigenvalue weighted by Crippen LogP contribution is 2.31. The van der Waals surface area contributed by atoms with E-state index in [1.165, 1.54) is 17.4 Å². The molecule has 0 unspecified atom stereocenters. The molecular formula is C14H7BrFN5S. The van der Waals surface area contributed by atoms with Crippen molar-refractivity contribution in [2.45, 2.75) is 0 Å². The highest BCUT2D eigenvalue weighted by molar-refractivity contribution is 9.10. The molecule has 0 saturated carbocycles. The molecule has 4 rings (SSSR count). The molecule has 3 heterocycles. The second kappa shape index (κ2) is 5.22. The van der Waals surface area contributed by atoms with Gasteiger partial charge in [0, 0.05) is 28.0 Å². The summed E-state index contributed by atoms with van der Waals surface area (Å²) < 4.78 is 16.4. The van der Waals surface area contributed by atoms with Crippen molar-refractivity contribution in [3.63, 3.8) is 0 Å². The first-order valence-corrected chi connectivity index (χ1v) is 7.91. The van der Waals surface area contributed by atoms with E-state index in [1.54, 1.807) is 29.0 Å². The zero-order chi connectivity index (χ0) is 15.1. The van der Waals surface area contributed by atoms with E-state index in [2.05, 4.69) is 36.2 Å². The quantitative estimate of drug-likeness (QED) is 0.534. The minimum atomic E-state index is -0.323. The number of hydrogen-bond acceptors (Lipinski definition) is 5. The second-order valence-corrected chi connectivity index (χ2v) is 6.36. The van der Waals surface area contributed by atoms with Crippen LogP contribution < -0.4 is 0 Å². The molecule has 0 amide bonds. The molecule has 0 bridgehead atoms. The van der Waals surface area contributed by atoms with Crippen molar-refractivity contribution in [1.29, 1.82) is 0 Å². The van der Waals surface area contributed by atoms with E-state index in [0.717, 1.165) is 10.0 Å². The fourth-order valence-electron chi connectivity index (χ4n) is 2.06. The van der Waals surface area contributed by atoms with Gasteiger partial charge in [-0.05, 0) is 30.3 Å². The lowest BCUT2D eigenvalue weighted by atomic mass is 10.2. The summed E-state index contributed by atoms with van der Waals surface area (Å²) in [6, 6.07) is 8.45. The normalized spacial score (nSPS) is 11.2. The molecule has 0 aliphatic heterocycles. The molecule has 3 aromatic heterocycles. The first kappa shape index (κ1) is 13.5. The maximum atomic E-state index is 14.0. The Morgan fingerprint density at radius 3 is 2.91 bits per heavy atom. The summed E-state index contributed by atoms with van der Waals surface area (Å²) in [6.07, 6.45) is 3.38. The van der Waals surface area contributed by atoms with Gasteiger partial charge >= 0.3 is 0 Å². The predicted molar refractivity (Wildman–Crippen MR) is 85.0 cm³/mol. The van der Waals surface area contributed by atoms with Crippen LogP contribution in [0.15, 0.2) is 47.2 Å².